The lowest BCUT2D eigenvalue weighted by Crippen LogP contribution is -2.30. The van der Waals surface area contributed by atoms with Crippen LogP contribution in [-0.2, 0) is 21.2 Å². The molecular weight excluding hydrogens is 430 g/mol. The second-order valence-electron chi connectivity index (χ2n) is 7.11. The average Bonchev–Trinajstić information content (AvgIpc) is 3.20. The maximum absolute atomic E-state index is 12.6. The number of nitrogens with zero attached hydrogens (tertiary/aromatic N) is 2. The maximum atomic E-state index is 12.6. The van der Waals surface area contributed by atoms with Crippen molar-refractivity contribution in [2.24, 2.45) is 0 Å². The van der Waals surface area contributed by atoms with Crippen LogP contribution in [0.25, 0.3) is 11.3 Å². The minimum absolute atomic E-state index is 0.0913. The lowest BCUT2D eigenvalue weighted by Gasteiger charge is -2.18. The van der Waals surface area contributed by atoms with Gasteiger partial charge in [0.2, 0.25) is 15.9 Å². The van der Waals surface area contributed by atoms with Crippen LogP contribution in [0.4, 0.5) is 5.69 Å². The lowest BCUT2D eigenvalue weighted by molar-refractivity contribution is -0.116. The summed E-state index contributed by atoms with van der Waals surface area (Å²) in [6.07, 6.45) is 0.838. The number of nitrogens with one attached hydrogen (secondary N) is 1. The molecule has 0 spiro atoms. The standard InChI is InChI=1S/C23H27N3O3S2/c1-4-26(5-2)31(28,29)21-12-9-18(10-13-21)11-14-23(27)25-20-8-6-7-19(15-20)22-16-30-17(3)24-22/h6-10,12-13,15-16H,4-5,11,14H2,1-3H3,(H,25,27). The summed E-state index contributed by atoms with van der Waals surface area (Å²) in [5.41, 5.74) is 3.51. The van der Waals surface area contributed by atoms with E-state index < -0.39 is 10.0 Å². The Balaban J connectivity index is 1.59. The van der Waals surface area contributed by atoms with Gasteiger partial charge in [0.15, 0.2) is 0 Å². The van der Waals surface area contributed by atoms with Crippen LogP contribution in [0, 0.1) is 6.92 Å². The molecule has 0 aliphatic carbocycles. The van der Waals surface area contributed by atoms with Crippen LogP contribution in [0.3, 0.4) is 0 Å². The third kappa shape index (κ3) is 5.78. The highest BCUT2D eigenvalue weighted by molar-refractivity contribution is 7.89. The summed E-state index contributed by atoms with van der Waals surface area (Å²) in [4.78, 5) is 17.2. The summed E-state index contributed by atoms with van der Waals surface area (Å²) in [5.74, 6) is -0.0913. The molecule has 1 amide bonds. The van der Waals surface area contributed by atoms with Gasteiger partial charge in [0.05, 0.1) is 15.6 Å². The number of benzene rings is 2. The molecule has 0 unspecified atom stereocenters. The number of anilines is 1. The summed E-state index contributed by atoms with van der Waals surface area (Å²) in [6.45, 7) is 6.47. The van der Waals surface area contributed by atoms with E-state index in [9.17, 15) is 13.2 Å². The van der Waals surface area contributed by atoms with Crippen molar-refractivity contribution in [3.63, 3.8) is 0 Å². The van der Waals surface area contributed by atoms with Gasteiger partial charge < -0.3 is 5.32 Å². The molecule has 31 heavy (non-hydrogen) atoms. The molecule has 0 saturated heterocycles. The SMILES string of the molecule is CCN(CC)S(=O)(=O)c1ccc(CCC(=O)Nc2cccc(-c3csc(C)n3)c2)cc1. The van der Waals surface area contributed by atoms with Gasteiger partial charge in [0, 0.05) is 36.1 Å². The molecule has 1 N–H and O–H groups in total. The van der Waals surface area contributed by atoms with E-state index in [-0.39, 0.29) is 10.8 Å². The summed E-state index contributed by atoms with van der Waals surface area (Å²) >= 11 is 1.59. The van der Waals surface area contributed by atoms with Gasteiger partial charge in [0.1, 0.15) is 0 Å². The highest BCUT2D eigenvalue weighted by atomic mass is 32.2. The first kappa shape index (κ1) is 23.1. The van der Waals surface area contributed by atoms with Gasteiger partial charge in [-0.2, -0.15) is 4.31 Å². The first-order chi connectivity index (χ1) is 14.8. The number of rotatable bonds is 9. The van der Waals surface area contributed by atoms with Crippen LogP contribution in [0.5, 0.6) is 0 Å². The van der Waals surface area contributed by atoms with Crippen molar-refractivity contribution >= 4 is 33.0 Å². The monoisotopic (exact) mass is 457 g/mol. The van der Waals surface area contributed by atoms with Crippen LogP contribution in [0.2, 0.25) is 0 Å². The molecular formula is C23H27N3O3S2. The van der Waals surface area contributed by atoms with Gasteiger partial charge in [-0.3, -0.25) is 4.79 Å². The number of aryl methyl sites for hydroxylation is 2. The van der Waals surface area contributed by atoms with Crippen molar-refractivity contribution in [2.45, 2.75) is 38.5 Å². The third-order valence-electron chi connectivity index (χ3n) is 4.97. The molecule has 0 saturated carbocycles. The van der Waals surface area contributed by atoms with Crippen LogP contribution >= 0.6 is 11.3 Å². The highest BCUT2D eigenvalue weighted by Crippen LogP contribution is 2.24. The molecule has 0 aliphatic rings. The Morgan fingerprint density at radius 2 is 1.81 bits per heavy atom. The highest BCUT2D eigenvalue weighted by Gasteiger charge is 2.21. The summed E-state index contributed by atoms with van der Waals surface area (Å²) in [7, 11) is -3.47. The van der Waals surface area contributed by atoms with Gasteiger partial charge in [0.25, 0.3) is 0 Å². The molecule has 0 radical (unpaired) electrons. The van der Waals surface area contributed by atoms with E-state index in [1.807, 2.05) is 50.4 Å². The van der Waals surface area contributed by atoms with Crippen LogP contribution < -0.4 is 5.32 Å². The number of thiazole rings is 1. The minimum atomic E-state index is -3.47. The molecule has 0 fully saturated rings. The lowest BCUT2D eigenvalue weighted by atomic mass is 10.1. The normalized spacial score (nSPS) is 11.6. The maximum Gasteiger partial charge on any atom is 0.243 e. The van der Waals surface area contributed by atoms with E-state index in [2.05, 4.69) is 10.3 Å². The molecule has 3 rings (SSSR count). The Kier molecular flexibility index (Phi) is 7.59. The number of carbonyl (C=O) groups is 1. The van der Waals surface area contributed by atoms with Crippen molar-refractivity contribution < 1.29 is 13.2 Å². The third-order valence-corrected chi connectivity index (χ3v) is 7.81. The number of amides is 1. The van der Waals surface area contributed by atoms with Gasteiger partial charge in [-0.25, -0.2) is 13.4 Å². The number of carbonyl (C=O) groups excluding carboxylic acids is 1. The topological polar surface area (TPSA) is 79.4 Å². The zero-order chi connectivity index (χ0) is 22.4. The van der Waals surface area contributed by atoms with Crippen molar-refractivity contribution in [3.05, 3.63) is 64.5 Å². The van der Waals surface area contributed by atoms with Crippen molar-refractivity contribution in [3.8, 4) is 11.3 Å². The quantitative estimate of drug-likeness (QED) is 0.504. The molecule has 0 bridgehead atoms. The Bertz CT molecular complexity index is 1130. The molecule has 0 aliphatic heterocycles. The molecule has 164 valence electrons. The van der Waals surface area contributed by atoms with E-state index in [0.29, 0.717) is 25.9 Å². The molecule has 1 aromatic heterocycles. The summed E-state index contributed by atoms with van der Waals surface area (Å²) < 4.78 is 26.6. The van der Waals surface area contributed by atoms with E-state index in [1.54, 1.807) is 35.6 Å². The second kappa shape index (κ2) is 10.2. The number of hydrogen-bond acceptors (Lipinski definition) is 5. The fourth-order valence-electron chi connectivity index (χ4n) is 3.27. The first-order valence-corrected chi connectivity index (χ1v) is 12.6. The van der Waals surface area contributed by atoms with Crippen LogP contribution in [0.1, 0.15) is 30.8 Å². The Morgan fingerprint density at radius 1 is 1.10 bits per heavy atom. The van der Waals surface area contributed by atoms with E-state index in [1.165, 1.54) is 4.31 Å². The average molecular weight is 458 g/mol. The van der Waals surface area contributed by atoms with Crippen LogP contribution in [0.15, 0.2) is 58.8 Å². The van der Waals surface area contributed by atoms with Gasteiger partial charge in [-0.05, 0) is 43.2 Å². The largest absolute Gasteiger partial charge is 0.326 e. The molecule has 1 heterocycles. The Hall–Kier alpha value is -2.55. The van der Waals surface area contributed by atoms with Gasteiger partial charge >= 0.3 is 0 Å². The molecule has 2 aromatic carbocycles. The van der Waals surface area contributed by atoms with Gasteiger partial charge in [-0.1, -0.05) is 38.1 Å². The molecule has 8 heteroatoms. The molecule has 6 nitrogen and oxygen atoms in total. The smallest absolute Gasteiger partial charge is 0.243 e. The molecule has 0 atom stereocenters. The zero-order valence-electron chi connectivity index (χ0n) is 18.0. The van der Waals surface area contributed by atoms with Crippen molar-refractivity contribution in [2.75, 3.05) is 18.4 Å². The fourth-order valence-corrected chi connectivity index (χ4v) is 5.35. The van der Waals surface area contributed by atoms with E-state index in [0.717, 1.165) is 27.5 Å². The van der Waals surface area contributed by atoms with Crippen molar-refractivity contribution in [1.29, 1.82) is 0 Å². The summed E-state index contributed by atoms with van der Waals surface area (Å²) in [6, 6.07) is 14.4. The number of sulfonamides is 1. The Morgan fingerprint density at radius 3 is 2.42 bits per heavy atom. The summed E-state index contributed by atoms with van der Waals surface area (Å²) in [5, 5.41) is 5.93. The molecule has 3 aromatic rings. The van der Waals surface area contributed by atoms with Crippen molar-refractivity contribution in [1.82, 2.24) is 9.29 Å². The fraction of sp³-hybridized carbons (Fsp3) is 0.304. The predicted octanol–water partition coefficient (Wildman–Crippen LogP) is 4.72. The Labute approximate surface area is 188 Å². The second-order valence-corrected chi connectivity index (χ2v) is 10.1. The zero-order valence-corrected chi connectivity index (χ0v) is 19.6. The van der Waals surface area contributed by atoms with E-state index in [4.69, 9.17) is 0 Å². The van der Waals surface area contributed by atoms with E-state index >= 15 is 0 Å². The minimum Gasteiger partial charge on any atom is -0.326 e. The number of aromatic nitrogens is 1. The van der Waals surface area contributed by atoms with Crippen LogP contribution in [-0.4, -0.2) is 36.7 Å². The first-order valence-electron chi connectivity index (χ1n) is 10.2. The predicted molar refractivity (Wildman–Crippen MR) is 126 cm³/mol. The number of hydrogen-bond donors (Lipinski definition) is 1. The van der Waals surface area contributed by atoms with Gasteiger partial charge in [-0.15, -0.1) is 11.3 Å².